The summed E-state index contributed by atoms with van der Waals surface area (Å²) in [6.07, 6.45) is 4.89. The molecule has 2 aromatic rings. The number of carbonyl (C=O) groups excluding carboxylic acids is 1. The van der Waals surface area contributed by atoms with E-state index in [0.717, 1.165) is 30.2 Å². The molecule has 5 heteroatoms. The fourth-order valence-corrected chi connectivity index (χ4v) is 3.35. The molecule has 5 nitrogen and oxygen atoms in total. The highest BCUT2D eigenvalue weighted by Crippen LogP contribution is 2.24. The van der Waals surface area contributed by atoms with Gasteiger partial charge in [0, 0.05) is 12.6 Å². The van der Waals surface area contributed by atoms with Crippen LogP contribution in [-0.4, -0.2) is 28.8 Å². The van der Waals surface area contributed by atoms with Gasteiger partial charge in [0.2, 0.25) is 5.91 Å². The summed E-state index contributed by atoms with van der Waals surface area (Å²) in [6, 6.07) is 9.74. The lowest BCUT2D eigenvalue weighted by Crippen LogP contribution is -2.34. The van der Waals surface area contributed by atoms with Crippen LogP contribution in [0.15, 0.2) is 36.5 Å². The monoisotopic (exact) mass is 326 g/mol. The van der Waals surface area contributed by atoms with Crippen LogP contribution in [0.3, 0.4) is 0 Å². The van der Waals surface area contributed by atoms with E-state index in [1.807, 2.05) is 43.5 Å². The molecule has 24 heavy (non-hydrogen) atoms. The van der Waals surface area contributed by atoms with E-state index in [2.05, 4.69) is 22.7 Å². The van der Waals surface area contributed by atoms with Gasteiger partial charge in [-0.15, -0.1) is 0 Å². The zero-order valence-electron chi connectivity index (χ0n) is 14.5. The van der Waals surface area contributed by atoms with Crippen molar-refractivity contribution >= 4 is 11.6 Å². The summed E-state index contributed by atoms with van der Waals surface area (Å²) >= 11 is 0. The number of rotatable bonds is 5. The lowest BCUT2D eigenvalue weighted by Gasteiger charge is -2.28. The van der Waals surface area contributed by atoms with Gasteiger partial charge in [-0.25, -0.2) is 4.68 Å². The van der Waals surface area contributed by atoms with Crippen molar-refractivity contribution in [2.75, 3.05) is 18.4 Å². The molecule has 1 aromatic carbocycles. The largest absolute Gasteiger partial charge is 0.324 e. The van der Waals surface area contributed by atoms with Gasteiger partial charge in [0.05, 0.1) is 17.1 Å². The normalized spacial score (nSPS) is 19.0. The molecule has 3 rings (SSSR count). The van der Waals surface area contributed by atoms with Crippen LogP contribution in [-0.2, 0) is 4.79 Å². The van der Waals surface area contributed by atoms with Crippen molar-refractivity contribution in [3.05, 3.63) is 42.2 Å². The summed E-state index contributed by atoms with van der Waals surface area (Å²) in [5, 5.41) is 10.9. The van der Waals surface area contributed by atoms with E-state index in [9.17, 15) is 4.79 Å². The Hall–Kier alpha value is -2.14. The molecular formula is C19H26N4O. The predicted octanol–water partition coefficient (Wildman–Crippen LogP) is 3.15. The summed E-state index contributed by atoms with van der Waals surface area (Å²) in [5.41, 5.74) is 2.65. The van der Waals surface area contributed by atoms with Crippen molar-refractivity contribution in [3.63, 3.8) is 0 Å². The number of para-hydroxylation sites is 2. The minimum absolute atomic E-state index is 0.0735. The van der Waals surface area contributed by atoms with Crippen LogP contribution < -0.4 is 10.6 Å². The fraction of sp³-hybridized carbons (Fsp3) is 0.474. The van der Waals surface area contributed by atoms with Crippen molar-refractivity contribution in [2.45, 2.75) is 33.1 Å². The molecule has 128 valence electrons. The second-order valence-corrected chi connectivity index (χ2v) is 6.75. The third-order valence-electron chi connectivity index (χ3n) is 4.79. The molecule has 1 aliphatic rings. The number of nitrogens with zero attached hydrogens (tertiary/aromatic N) is 2. The van der Waals surface area contributed by atoms with E-state index in [1.54, 1.807) is 4.68 Å². The topological polar surface area (TPSA) is 59.0 Å². The number of nitrogens with one attached hydrogen (secondary N) is 2. The summed E-state index contributed by atoms with van der Waals surface area (Å²) < 4.78 is 1.80. The first-order valence-corrected chi connectivity index (χ1v) is 8.75. The first-order chi connectivity index (χ1) is 11.6. The van der Waals surface area contributed by atoms with Gasteiger partial charge >= 0.3 is 0 Å². The standard InChI is InChI=1S/C19H26N4O/c1-14(16-6-5-10-20-13-16)12-19(24)21-17-7-3-4-8-18(17)23-11-9-15(2)22-23/h3-4,7-9,11,14,16,20H,5-6,10,12-13H2,1-2H3,(H,21,24). The van der Waals surface area contributed by atoms with Gasteiger partial charge in [-0.3, -0.25) is 4.79 Å². The van der Waals surface area contributed by atoms with Gasteiger partial charge in [0.25, 0.3) is 0 Å². The first-order valence-electron chi connectivity index (χ1n) is 8.75. The highest BCUT2D eigenvalue weighted by atomic mass is 16.1. The smallest absolute Gasteiger partial charge is 0.224 e. The summed E-state index contributed by atoms with van der Waals surface area (Å²) in [6.45, 7) is 6.27. The summed E-state index contributed by atoms with van der Waals surface area (Å²) in [7, 11) is 0. The number of hydrogen-bond acceptors (Lipinski definition) is 3. The Bertz CT molecular complexity index is 688. The van der Waals surface area contributed by atoms with Crippen LogP contribution in [0.2, 0.25) is 0 Å². The summed E-state index contributed by atoms with van der Waals surface area (Å²) in [4.78, 5) is 12.5. The van der Waals surface area contributed by atoms with Crippen LogP contribution >= 0.6 is 0 Å². The molecule has 0 bridgehead atoms. The second kappa shape index (κ2) is 7.62. The molecule has 1 aliphatic heterocycles. The fourth-order valence-electron chi connectivity index (χ4n) is 3.35. The Morgan fingerprint density at radius 2 is 2.25 bits per heavy atom. The molecule has 0 saturated carbocycles. The molecule has 0 spiro atoms. The predicted molar refractivity (Wildman–Crippen MR) is 96.3 cm³/mol. The lowest BCUT2D eigenvalue weighted by molar-refractivity contribution is -0.117. The van der Waals surface area contributed by atoms with Crippen molar-refractivity contribution in [2.24, 2.45) is 11.8 Å². The Morgan fingerprint density at radius 1 is 1.42 bits per heavy atom. The molecule has 0 radical (unpaired) electrons. The molecule has 2 unspecified atom stereocenters. The third-order valence-corrected chi connectivity index (χ3v) is 4.79. The molecule has 1 aromatic heterocycles. The second-order valence-electron chi connectivity index (χ2n) is 6.75. The molecule has 2 atom stereocenters. The maximum Gasteiger partial charge on any atom is 0.224 e. The van der Waals surface area contributed by atoms with Gasteiger partial charge in [-0.05, 0) is 62.9 Å². The number of hydrogen-bond donors (Lipinski definition) is 2. The van der Waals surface area contributed by atoms with Crippen LogP contribution in [0.25, 0.3) is 5.69 Å². The van der Waals surface area contributed by atoms with Gasteiger partial charge in [0.1, 0.15) is 0 Å². The Kier molecular flexibility index (Phi) is 5.30. The highest BCUT2D eigenvalue weighted by molar-refractivity contribution is 5.92. The zero-order chi connectivity index (χ0) is 16.9. The van der Waals surface area contributed by atoms with E-state index in [0.29, 0.717) is 18.3 Å². The number of amides is 1. The number of aromatic nitrogens is 2. The van der Waals surface area contributed by atoms with Crippen molar-refractivity contribution in [3.8, 4) is 5.69 Å². The molecule has 1 saturated heterocycles. The van der Waals surface area contributed by atoms with Crippen molar-refractivity contribution < 1.29 is 4.79 Å². The van der Waals surface area contributed by atoms with Crippen LogP contribution in [0, 0.1) is 18.8 Å². The minimum atomic E-state index is 0.0735. The Balaban J connectivity index is 1.66. The SMILES string of the molecule is Cc1ccn(-c2ccccc2NC(=O)CC(C)C2CCCNC2)n1. The van der Waals surface area contributed by atoms with E-state index in [1.165, 1.54) is 12.8 Å². The van der Waals surface area contributed by atoms with E-state index < -0.39 is 0 Å². The average molecular weight is 326 g/mol. The van der Waals surface area contributed by atoms with E-state index in [4.69, 9.17) is 0 Å². The van der Waals surface area contributed by atoms with Gasteiger partial charge in [0.15, 0.2) is 0 Å². The number of carbonyl (C=O) groups is 1. The van der Waals surface area contributed by atoms with Crippen molar-refractivity contribution in [1.29, 1.82) is 0 Å². The lowest BCUT2D eigenvalue weighted by atomic mass is 9.85. The molecule has 1 fully saturated rings. The number of aryl methyl sites for hydroxylation is 1. The molecule has 1 amide bonds. The zero-order valence-corrected chi connectivity index (χ0v) is 14.5. The maximum atomic E-state index is 12.5. The Labute approximate surface area is 143 Å². The Morgan fingerprint density at radius 3 is 2.96 bits per heavy atom. The van der Waals surface area contributed by atoms with Crippen molar-refractivity contribution in [1.82, 2.24) is 15.1 Å². The average Bonchev–Trinajstić information content (AvgIpc) is 3.02. The van der Waals surface area contributed by atoms with E-state index >= 15 is 0 Å². The van der Waals surface area contributed by atoms with Gasteiger partial charge < -0.3 is 10.6 Å². The molecule has 2 heterocycles. The molecular weight excluding hydrogens is 300 g/mol. The van der Waals surface area contributed by atoms with Crippen LogP contribution in [0.1, 0.15) is 31.9 Å². The highest BCUT2D eigenvalue weighted by Gasteiger charge is 2.22. The van der Waals surface area contributed by atoms with Gasteiger partial charge in [-0.1, -0.05) is 19.1 Å². The van der Waals surface area contributed by atoms with Crippen LogP contribution in [0.5, 0.6) is 0 Å². The first kappa shape index (κ1) is 16.7. The molecule has 0 aliphatic carbocycles. The summed E-state index contributed by atoms with van der Waals surface area (Å²) in [5.74, 6) is 1.05. The number of piperidine rings is 1. The minimum Gasteiger partial charge on any atom is -0.324 e. The quantitative estimate of drug-likeness (QED) is 0.887. The van der Waals surface area contributed by atoms with E-state index in [-0.39, 0.29) is 5.91 Å². The molecule has 2 N–H and O–H groups in total. The third kappa shape index (κ3) is 4.03. The maximum absolute atomic E-state index is 12.5. The number of anilines is 1. The van der Waals surface area contributed by atoms with Crippen LogP contribution in [0.4, 0.5) is 5.69 Å². The van der Waals surface area contributed by atoms with Gasteiger partial charge in [-0.2, -0.15) is 5.10 Å². The number of benzene rings is 1.